The van der Waals surface area contributed by atoms with Crippen molar-refractivity contribution in [3.63, 3.8) is 0 Å². The number of furan rings is 1. The van der Waals surface area contributed by atoms with Crippen LogP contribution in [0.2, 0.25) is 0 Å². The number of aromatic nitrogens is 2. The Kier molecular flexibility index (Phi) is 4.68. The Balaban J connectivity index is 1.33. The van der Waals surface area contributed by atoms with E-state index in [0.29, 0.717) is 22.8 Å². The highest BCUT2D eigenvalue weighted by atomic mass is 16.3. The highest BCUT2D eigenvalue weighted by Gasteiger charge is 2.45. The second-order valence-electron chi connectivity index (χ2n) is 10.5. The van der Waals surface area contributed by atoms with E-state index in [1.807, 2.05) is 24.3 Å². The minimum atomic E-state index is -0.0748. The lowest BCUT2D eigenvalue weighted by molar-refractivity contribution is 0.395. The molecule has 0 spiro atoms. The van der Waals surface area contributed by atoms with E-state index in [1.165, 1.54) is 22.3 Å². The zero-order valence-corrected chi connectivity index (χ0v) is 20.9. The lowest BCUT2D eigenvalue weighted by Gasteiger charge is -2.31. The maximum atomic E-state index is 9.67. The maximum Gasteiger partial charge on any atom is 0.236 e. The predicted octanol–water partition coefficient (Wildman–Crippen LogP) is 7.43. The van der Waals surface area contributed by atoms with Crippen LogP contribution in [0.15, 0.2) is 89.4 Å². The Morgan fingerprint density at radius 3 is 2.45 bits per heavy atom. The molecule has 2 heterocycles. The summed E-state index contributed by atoms with van der Waals surface area (Å²) in [4.78, 5) is 8.27. The maximum absolute atomic E-state index is 9.67. The number of hydrogen-bond acceptors (Lipinski definition) is 5. The van der Waals surface area contributed by atoms with E-state index in [1.54, 1.807) is 0 Å². The summed E-state index contributed by atoms with van der Waals surface area (Å²) in [5, 5.41) is 20.2. The standard InChI is InChI=1S/C33H22N4O/c1-33(2)26-15-21(19-6-4-3-5-7-19)8-11-23(26)24-12-9-22(16-27(24)33)20-10-13-29-25(14-20)31-28(17-34)36-30(18-35)37-32(31)38-29/h3-16,23,26H,1-2H3. The Morgan fingerprint density at radius 2 is 1.66 bits per heavy atom. The van der Waals surface area contributed by atoms with Crippen LogP contribution in [0.1, 0.15) is 48.0 Å². The SMILES string of the molecule is CC1(C)c2cc(-c3ccc4oc5nc(C#N)nc(C#N)c5c4c3)ccc2C2C=CC(c3ccccc3)=CC21. The van der Waals surface area contributed by atoms with Gasteiger partial charge < -0.3 is 4.42 Å². The van der Waals surface area contributed by atoms with Gasteiger partial charge in [0.1, 0.15) is 17.7 Å². The van der Waals surface area contributed by atoms with Gasteiger partial charge in [-0.1, -0.05) is 86.7 Å². The summed E-state index contributed by atoms with van der Waals surface area (Å²) in [6, 6.07) is 27.3. The van der Waals surface area contributed by atoms with Crippen molar-refractivity contribution < 1.29 is 4.42 Å². The van der Waals surface area contributed by atoms with Crippen LogP contribution in [0.25, 0.3) is 38.8 Å². The first-order chi connectivity index (χ1) is 18.5. The van der Waals surface area contributed by atoms with Crippen molar-refractivity contribution in [3.8, 4) is 23.3 Å². The van der Waals surface area contributed by atoms with Crippen molar-refractivity contribution in [2.45, 2.75) is 25.2 Å². The quantitative estimate of drug-likeness (QED) is 0.257. The van der Waals surface area contributed by atoms with Gasteiger partial charge in [0.15, 0.2) is 5.69 Å². The highest BCUT2D eigenvalue weighted by Crippen LogP contribution is 2.54. The van der Waals surface area contributed by atoms with Gasteiger partial charge >= 0.3 is 0 Å². The summed E-state index contributed by atoms with van der Waals surface area (Å²) in [6.07, 6.45) is 7.07. The van der Waals surface area contributed by atoms with E-state index in [0.717, 1.165) is 16.5 Å². The van der Waals surface area contributed by atoms with Crippen molar-refractivity contribution in [1.82, 2.24) is 9.97 Å². The van der Waals surface area contributed by atoms with E-state index in [2.05, 4.69) is 96.6 Å². The number of fused-ring (bicyclic) bond motifs is 6. The van der Waals surface area contributed by atoms with Gasteiger partial charge in [-0.25, -0.2) is 4.98 Å². The largest absolute Gasteiger partial charge is 0.437 e. The minimum Gasteiger partial charge on any atom is -0.437 e. The molecule has 5 aromatic rings. The molecule has 0 bridgehead atoms. The molecule has 7 rings (SSSR count). The van der Waals surface area contributed by atoms with Gasteiger partial charge in [-0.05, 0) is 56.9 Å². The number of nitrogens with zero attached hydrogens (tertiary/aromatic N) is 4. The van der Waals surface area contributed by atoms with Gasteiger partial charge in [-0.2, -0.15) is 15.5 Å². The van der Waals surface area contributed by atoms with Crippen molar-refractivity contribution in [2.75, 3.05) is 0 Å². The molecule has 3 aromatic carbocycles. The third-order valence-corrected chi connectivity index (χ3v) is 8.15. The first-order valence-electron chi connectivity index (χ1n) is 12.6. The fourth-order valence-electron chi connectivity index (χ4n) is 6.21. The van der Waals surface area contributed by atoms with E-state index in [4.69, 9.17) is 4.42 Å². The number of rotatable bonds is 2. The van der Waals surface area contributed by atoms with Crippen molar-refractivity contribution >= 4 is 27.6 Å². The molecule has 0 saturated carbocycles. The molecule has 0 saturated heterocycles. The summed E-state index contributed by atoms with van der Waals surface area (Å²) in [5.41, 5.74) is 8.37. The zero-order valence-electron chi connectivity index (χ0n) is 20.9. The Bertz CT molecular complexity index is 1930. The summed E-state index contributed by atoms with van der Waals surface area (Å²) in [5.74, 6) is 0.651. The summed E-state index contributed by atoms with van der Waals surface area (Å²) >= 11 is 0. The van der Waals surface area contributed by atoms with Crippen LogP contribution in [0.3, 0.4) is 0 Å². The summed E-state index contributed by atoms with van der Waals surface area (Å²) < 4.78 is 5.88. The van der Waals surface area contributed by atoms with Gasteiger partial charge in [-0.15, -0.1) is 0 Å². The average Bonchev–Trinajstić information content (AvgIpc) is 3.44. The van der Waals surface area contributed by atoms with Crippen LogP contribution in [-0.4, -0.2) is 9.97 Å². The monoisotopic (exact) mass is 490 g/mol. The second-order valence-corrected chi connectivity index (χ2v) is 10.5. The number of hydrogen-bond donors (Lipinski definition) is 0. The van der Waals surface area contributed by atoms with Crippen LogP contribution in [0, 0.1) is 28.6 Å². The van der Waals surface area contributed by atoms with Crippen molar-refractivity contribution in [1.29, 1.82) is 10.5 Å². The average molecular weight is 491 g/mol. The molecular formula is C33H22N4O. The molecule has 0 radical (unpaired) electrons. The summed E-state index contributed by atoms with van der Waals surface area (Å²) in [7, 11) is 0. The molecule has 2 atom stereocenters. The van der Waals surface area contributed by atoms with Crippen molar-refractivity contribution in [3.05, 3.63) is 113 Å². The molecule has 5 nitrogen and oxygen atoms in total. The molecule has 0 fully saturated rings. The number of benzene rings is 3. The van der Waals surface area contributed by atoms with E-state index in [9.17, 15) is 10.5 Å². The smallest absolute Gasteiger partial charge is 0.236 e. The molecule has 2 unspecified atom stereocenters. The Labute approximate surface area is 220 Å². The molecule has 2 aromatic heterocycles. The first kappa shape index (κ1) is 22.2. The molecule has 0 N–H and O–H groups in total. The second kappa shape index (κ2) is 8.00. The molecule has 180 valence electrons. The minimum absolute atomic E-state index is 0.0389. The summed E-state index contributed by atoms with van der Waals surface area (Å²) in [6.45, 7) is 4.68. The van der Waals surface area contributed by atoms with Gasteiger partial charge in [-0.3, -0.25) is 0 Å². The molecule has 38 heavy (non-hydrogen) atoms. The third-order valence-electron chi connectivity index (χ3n) is 8.15. The van der Waals surface area contributed by atoms with E-state index < -0.39 is 0 Å². The Hall–Kier alpha value is -5.00. The van der Waals surface area contributed by atoms with Gasteiger partial charge in [0.05, 0.1) is 5.39 Å². The number of nitriles is 2. The van der Waals surface area contributed by atoms with Gasteiger partial charge in [0.25, 0.3) is 0 Å². The predicted molar refractivity (Wildman–Crippen MR) is 147 cm³/mol. The first-order valence-corrected chi connectivity index (χ1v) is 12.6. The van der Waals surface area contributed by atoms with Crippen molar-refractivity contribution in [2.24, 2.45) is 5.92 Å². The fraction of sp³-hybridized carbons (Fsp3) is 0.152. The lowest BCUT2D eigenvalue weighted by Crippen LogP contribution is -2.25. The lowest BCUT2D eigenvalue weighted by atomic mass is 9.72. The van der Waals surface area contributed by atoms with Crippen LogP contribution in [0.5, 0.6) is 0 Å². The Morgan fingerprint density at radius 1 is 0.868 bits per heavy atom. The highest BCUT2D eigenvalue weighted by molar-refractivity contribution is 6.07. The molecular weight excluding hydrogens is 468 g/mol. The molecule has 0 amide bonds. The molecule has 5 heteroatoms. The third kappa shape index (κ3) is 3.16. The van der Waals surface area contributed by atoms with Crippen LogP contribution in [0.4, 0.5) is 0 Å². The molecule has 0 aliphatic heterocycles. The zero-order chi connectivity index (χ0) is 26.0. The molecule has 2 aliphatic carbocycles. The normalized spacial score (nSPS) is 19.0. The topological polar surface area (TPSA) is 86.5 Å². The van der Waals surface area contributed by atoms with E-state index in [-0.39, 0.29) is 22.6 Å². The van der Waals surface area contributed by atoms with Crippen LogP contribution >= 0.6 is 0 Å². The van der Waals surface area contributed by atoms with Gasteiger partial charge in [0, 0.05) is 11.3 Å². The van der Waals surface area contributed by atoms with Crippen LogP contribution < -0.4 is 0 Å². The molecule has 2 aliphatic rings. The van der Waals surface area contributed by atoms with Gasteiger partial charge in [0.2, 0.25) is 11.5 Å². The fourth-order valence-corrected chi connectivity index (χ4v) is 6.21. The van der Waals surface area contributed by atoms with E-state index >= 15 is 0 Å². The van der Waals surface area contributed by atoms with Crippen LogP contribution in [-0.2, 0) is 5.41 Å². The number of allylic oxidation sites excluding steroid dienone is 4.